The lowest BCUT2D eigenvalue weighted by Crippen LogP contribution is -2.28. The van der Waals surface area contributed by atoms with Gasteiger partial charge < -0.3 is 10.5 Å². The fraction of sp³-hybridized carbons (Fsp3) is 0.417. The number of carbonyl (C=O) groups is 1. The molecule has 6 heteroatoms. The minimum absolute atomic E-state index is 0.0582. The van der Waals surface area contributed by atoms with Crippen molar-refractivity contribution >= 4 is 21.5 Å². The van der Waals surface area contributed by atoms with Crippen molar-refractivity contribution in [2.45, 2.75) is 30.4 Å². The summed E-state index contributed by atoms with van der Waals surface area (Å²) in [4.78, 5) is 11.5. The fourth-order valence-electron chi connectivity index (χ4n) is 1.34. The molecule has 0 saturated carbocycles. The molecule has 1 aromatic rings. The predicted octanol–water partition coefficient (Wildman–Crippen LogP) is 1.63. The molecule has 0 saturated heterocycles. The van der Waals surface area contributed by atoms with Crippen LogP contribution >= 0.6 is 0 Å². The third-order valence-electron chi connectivity index (χ3n) is 2.55. The lowest BCUT2D eigenvalue weighted by molar-refractivity contribution is 0.0601. The second-order valence-corrected chi connectivity index (χ2v) is 7.56. The van der Waals surface area contributed by atoms with E-state index in [0.717, 1.165) is 0 Å². The van der Waals surface area contributed by atoms with Crippen molar-refractivity contribution in [1.29, 1.82) is 0 Å². The van der Waals surface area contributed by atoms with E-state index in [1.54, 1.807) is 20.8 Å². The molecule has 0 atom stereocenters. The summed E-state index contributed by atoms with van der Waals surface area (Å²) >= 11 is 0. The van der Waals surface area contributed by atoms with Crippen molar-refractivity contribution in [2.24, 2.45) is 0 Å². The molecule has 0 aliphatic heterocycles. The Labute approximate surface area is 107 Å². The zero-order chi connectivity index (χ0) is 14.1. The normalized spacial score (nSPS) is 12.2. The number of methoxy groups -OCH3 is 1. The summed E-state index contributed by atoms with van der Waals surface area (Å²) in [5.74, 6) is -0.654. The molecule has 0 radical (unpaired) electrons. The summed E-state index contributed by atoms with van der Waals surface area (Å²) in [7, 11) is -2.31. The Morgan fingerprint density at radius 3 is 2.28 bits per heavy atom. The van der Waals surface area contributed by atoms with E-state index in [9.17, 15) is 13.2 Å². The maximum atomic E-state index is 12.2. The Morgan fingerprint density at radius 2 is 1.83 bits per heavy atom. The molecule has 5 nitrogen and oxygen atoms in total. The minimum atomic E-state index is -3.52. The van der Waals surface area contributed by atoms with Crippen LogP contribution in [0.2, 0.25) is 0 Å². The largest absolute Gasteiger partial charge is 0.465 e. The summed E-state index contributed by atoms with van der Waals surface area (Å²) < 4.78 is 28.1. The number of rotatable bonds is 2. The summed E-state index contributed by atoms with van der Waals surface area (Å²) in [6.07, 6.45) is 0. The highest BCUT2D eigenvalue weighted by atomic mass is 32.2. The molecule has 2 N–H and O–H groups in total. The minimum Gasteiger partial charge on any atom is -0.465 e. The first-order valence-electron chi connectivity index (χ1n) is 5.33. The number of ether oxygens (including phenoxy) is 1. The van der Waals surface area contributed by atoms with E-state index in [1.807, 2.05) is 0 Å². The maximum absolute atomic E-state index is 12.2. The standard InChI is InChI=1S/C12H17NO4S/c1-12(2,3)18(15,16)8-5-6-10(13)9(7-8)11(14)17-4/h5-7H,13H2,1-4H3. The van der Waals surface area contributed by atoms with Gasteiger partial charge in [-0.15, -0.1) is 0 Å². The van der Waals surface area contributed by atoms with Crippen LogP contribution in [-0.2, 0) is 14.6 Å². The number of anilines is 1. The van der Waals surface area contributed by atoms with Crippen LogP contribution in [0.5, 0.6) is 0 Å². The second kappa shape index (κ2) is 4.61. The van der Waals surface area contributed by atoms with Crippen LogP contribution in [0.25, 0.3) is 0 Å². The highest BCUT2D eigenvalue weighted by Crippen LogP contribution is 2.27. The van der Waals surface area contributed by atoms with Crippen molar-refractivity contribution in [3.63, 3.8) is 0 Å². The molecule has 0 aliphatic rings. The molecular weight excluding hydrogens is 254 g/mol. The van der Waals surface area contributed by atoms with E-state index in [0.29, 0.717) is 0 Å². The van der Waals surface area contributed by atoms with Gasteiger partial charge in [0.05, 0.1) is 22.3 Å². The van der Waals surface area contributed by atoms with Gasteiger partial charge in [0.15, 0.2) is 9.84 Å². The molecule has 0 spiro atoms. The first kappa shape index (κ1) is 14.5. The predicted molar refractivity (Wildman–Crippen MR) is 69.1 cm³/mol. The number of carbonyl (C=O) groups excluding carboxylic acids is 1. The Kier molecular flexibility index (Phi) is 3.71. The molecule has 18 heavy (non-hydrogen) atoms. The lowest BCUT2D eigenvalue weighted by Gasteiger charge is -2.19. The van der Waals surface area contributed by atoms with Gasteiger partial charge in [-0.2, -0.15) is 0 Å². The van der Waals surface area contributed by atoms with Crippen LogP contribution in [0.15, 0.2) is 23.1 Å². The molecule has 0 unspecified atom stereocenters. The Hall–Kier alpha value is -1.56. The molecule has 0 aliphatic carbocycles. The molecular formula is C12H17NO4S. The number of nitrogen functional groups attached to an aromatic ring is 1. The van der Waals surface area contributed by atoms with Gasteiger partial charge in [0, 0.05) is 5.69 Å². The zero-order valence-electron chi connectivity index (χ0n) is 10.9. The van der Waals surface area contributed by atoms with Crippen molar-refractivity contribution in [3.05, 3.63) is 23.8 Å². The van der Waals surface area contributed by atoms with Gasteiger partial charge in [0.1, 0.15) is 0 Å². The van der Waals surface area contributed by atoms with E-state index >= 15 is 0 Å². The average Bonchev–Trinajstić information content (AvgIpc) is 2.26. The summed E-state index contributed by atoms with van der Waals surface area (Å²) in [6.45, 7) is 4.78. The number of sulfone groups is 1. The van der Waals surface area contributed by atoms with Gasteiger partial charge in [0.25, 0.3) is 0 Å². The van der Waals surface area contributed by atoms with Gasteiger partial charge in [-0.3, -0.25) is 0 Å². The van der Waals surface area contributed by atoms with Crippen LogP contribution in [0.3, 0.4) is 0 Å². The SMILES string of the molecule is COC(=O)c1cc(S(=O)(=O)C(C)(C)C)ccc1N. The number of nitrogens with two attached hydrogens (primary N) is 1. The first-order valence-corrected chi connectivity index (χ1v) is 6.82. The van der Waals surface area contributed by atoms with Crippen LogP contribution in [-0.4, -0.2) is 26.2 Å². The van der Waals surface area contributed by atoms with E-state index in [2.05, 4.69) is 4.74 Å². The van der Waals surface area contributed by atoms with Gasteiger partial charge in [0.2, 0.25) is 0 Å². The smallest absolute Gasteiger partial charge is 0.339 e. The zero-order valence-corrected chi connectivity index (χ0v) is 11.7. The van der Waals surface area contributed by atoms with Crippen molar-refractivity contribution < 1.29 is 17.9 Å². The summed E-state index contributed by atoms with van der Waals surface area (Å²) in [6, 6.07) is 4.04. The highest BCUT2D eigenvalue weighted by Gasteiger charge is 2.31. The Morgan fingerprint density at radius 1 is 1.28 bits per heavy atom. The van der Waals surface area contributed by atoms with E-state index in [-0.39, 0.29) is 16.1 Å². The van der Waals surface area contributed by atoms with Crippen LogP contribution in [0.1, 0.15) is 31.1 Å². The van der Waals surface area contributed by atoms with E-state index < -0.39 is 20.6 Å². The van der Waals surface area contributed by atoms with E-state index in [4.69, 9.17) is 5.73 Å². The molecule has 0 aromatic heterocycles. The van der Waals surface area contributed by atoms with Crippen molar-refractivity contribution in [3.8, 4) is 0 Å². The maximum Gasteiger partial charge on any atom is 0.339 e. The highest BCUT2D eigenvalue weighted by molar-refractivity contribution is 7.92. The fourth-order valence-corrected chi connectivity index (χ4v) is 2.57. The second-order valence-electron chi connectivity index (χ2n) is 4.86. The first-order chi connectivity index (χ1) is 8.11. The summed E-state index contributed by atoms with van der Waals surface area (Å²) in [5.41, 5.74) is 5.87. The van der Waals surface area contributed by atoms with Crippen LogP contribution in [0.4, 0.5) is 5.69 Å². The molecule has 100 valence electrons. The third-order valence-corrected chi connectivity index (χ3v) is 5.03. The number of hydrogen-bond acceptors (Lipinski definition) is 5. The molecule has 0 bridgehead atoms. The van der Waals surface area contributed by atoms with Gasteiger partial charge in [-0.05, 0) is 39.0 Å². The number of esters is 1. The van der Waals surface area contributed by atoms with Crippen LogP contribution < -0.4 is 5.73 Å². The monoisotopic (exact) mass is 271 g/mol. The van der Waals surface area contributed by atoms with Crippen molar-refractivity contribution in [2.75, 3.05) is 12.8 Å². The van der Waals surface area contributed by atoms with E-state index in [1.165, 1.54) is 25.3 Å². The van der Waals surface area contributed by atoms with Gasteiger partial charge >= 0.3 is 5.97 Å². The number of benzene rings is 1. The van der Waals surface area contributed by atoms with Gasteiger partial charge in [-0.25, -0.2) is 13.2 Å². The topological polar surface area (TPSA) is 86.5 Å². The quantitative estimate of drug-likeness (QED) is 0.652. The lowest BCUT2D eigenvalue weighted by atomic mass is 10.2. The van der Waals surface area contributed by atoms with Crippen LogP contribution in [0, 0.1) is 0 Å². The summed E-state index contributed by atoms with van der Waals surface area (Å²) in [5, 5.41) is 0. The van der Waals surface area contributed by atoms with Crippen molar-refractivity contribution in [1.82, 2.24) is 0 Å². The number of hydrogen-bond donors (Lipinski definition) is 1. The third kappa shape index (κ3) is 2.48. The molecule has 0 fully saturated rings. The molecule has 0 heterocycles. The molecule has 1 rings (SSSR count). The average molecular weight is 271 g/mol. The molecule has 0 amide bonds. The van der Waals surface area contributed by atoms with Gasteiger partial charge in [-0.1, -0.05) is 0 Å². The Balaban J connectivity index is 3.43. The molecule has 1 aromatic carbocycles. The Bertz CT molecular complexity index is 570.